The Morgan fingerprint density at radius 2 is 2.10 bits per heavy atom. The summed E-state index contributed by atoms with van der Waals surface area (Å²) in [7, 11) is 1.16. The number of carbonyl (C=O) groups is 1. The van der Waals surface area contributed by atoms with Crippen molar-refractivity contribution in [3.63, 3.8) is 0 Å². The van der Waals surface area contributed by atoms with Gasteiger partial charge in [0.15, 0.2) is 11.6 Å². The van der Waals surface area contributed by atoms with Crippen molar-refractivity contribution in [1.29, 1.82) is 0 Å². The van der Waals surface area contributed by atoms with E-state index in [4.69, 9.17) is 10.5 Å². The second-order valence-corrected chi connectivity index (χ2v) is 3.76. The molecule has 0 aromatic heterocycles. The Labute approximate surface area is 112 Å². The lowest BCUT2D eigenvalue weighted by atomic mass is 10.2. The summed E-state index contributed by atoms with van der Waals surface area (Å²) in [5, 5.41) is 10.4. The molecule has 0 saturated heterocycles. The van der Waals surface area contributed by atoms with Crippen LogP contribution >= 0.6 is 0 Å². The van der Waals surface area contributed by atoms with Gasteiger partial charge in [0.1, 0.15) is 6.04 Å². The van der Waals surface area contributed by atoms with E-state index in [-0.39, 0.29) is 13.0 Å². The van der Waals surface area contributed by atoms with Crippen molar-refractivity contribution in [1.82, 2.24) is 0 Å². The van der Waals surface area contributed by atoms with Gasteiger partial charge in [-0.3, -0.25) is 14.9 Å². The molecule has 0 fully saturated rings. The highest BCUT2D eigenvalue weighted by Gasteiger charge is 2.20. The summed E-state index contributed by atoms with van der Waals surface area (Å²) in [5.74, 6) is -3.46. The maximum Gasteiger partial charge on any atom is 0.322 e. The summed E-state index contributed by atoms with van der Waals surface area (Å²) in [4.78, 5) is 20.3. The highest BCUT2D eigenvalue weighted by molar-refractivity contribution is 5.75. The number of ether oxygens (including phenoxy) is 2. The molecule has 20 heavy (non-hydrogen) atoms. The normalized spacial score (nSPS) is 11.8. The van der Waals surface area contributed by atoms with E-state index in [1.54, 1.807) is 0 Å². The first-order chi connectivity index (χ1) is 9.36. The third-order valence-corrected chi connectivity index (χ3v) is 2.39. The molecule has 0 spiro atoms. The molecule has 0 radical (unpaired) electrons. The SMILES string of the molecule is COC(=O)C(N)CCOc1cc(F)c([N+](=O)[O-])cc1F. The Bertz CT molecular complexity index is 524. The van der Waals surface area contributed by atoms with E-state index in [1.807, 2.05) is 0 Å². The van der Waals surface area contributed by atoms with Crippen LogP contribution in [0.4, 0.5) is 14.5 Å². The predicted octanol–water partition coefficient (Wildman–Crippen LogP) is 1.14. The van der Waals surface area contributed by atoms with Gasteiger partial charge in [0.2, 0.25) is 5.82 Å². The minimum atomic E-state index is -1.22. The maximum absolute atomic E-state index is 13.4. The molecule has 110 valence electrons. The second kappa shape index (κ2) is 6.75. The van der Waals surface area contributed by atoms with E-state index >= 15 is 0 Å². The second-order valence-electron chi connectivity index (χ2n) is 3.76. The first kappa shape index (κ1) is 15.8. The zero-order chi connectivity index (χ0) is 15.3. The van der Waals surface area contributed by atoms with Crippen LogP contribution < -0.4 is 10.5 Å². The maximum atomic E-state index is 13.4. The lowest BCUT2D eigenvalue weighted by Gasteiger charge is -2.11. The number of methoxy groups -OCH3 is 1. The van der Waals surface area contributed by atoms with Gasteiger partial charge in [0, 0.05) is 12.5 Å². The van der Waals surface area contributed by atoms with Crippen molar-refractivity contribution in [3.8, 4) is 5.75 Å². The van der Waals surface area contributed by atoms with Crippen LogP contribution in [0.2, 0.25) is 0 Å². The summed E-state index contributed by atoms with van der Waals surface area (Å²) >= 11 is 0. The number of carbonyl (C=O) groups excluding carboxylic acids is 1. The van der Waals surface area contributed by atoms with Gasteiger partial charge in [0.05, 0.1) is 24.7 Å². The van der Waals surface area contributed by atoms with Crippen LogP contribution in [0.15, 0.2) is 12.1 Å². The Kier molecular flexibility index (Phi) is 5.32. The van der Waals surface area contributed by atoms with Gasteiger partial charge >= 0.3 is 11.7 Å². The zero-order valence-electron chi connectivity index (χ0n) is 10.5. The number of benzene rings is 1. The largest absolute Gasteiger partial charge is 0.490 e. The molecule has 0 aliphatic heterocycles. The van der Waals surface area contributed by atoms with Gasteiger partial charge in [-0.2, -0.15) is 4.39 Å². The summed E-state index contributed by atoms with van der Waals surface area (Å²) in [5.41, 5.74) is 4.43. The van der Waals surface area contributed by atoms with E-state index < -0.39 is 40.0 Å². The van der Waals surface area contributed by atoms with Gasteiger partial charge in [-0.1, -0.05) is 0 Å². The summed E-state index contributed by atoms with van der Waals surface area (Å²) < 4.78 is 35.9. The van der Waals surface area contributed by atoms with Gasteiger partial charge in [0.25, 0.3) is 0 Å². The number of nitro benzene ring substituents is 1. The van der Waals surface area contributed by atoms with Gasteiger partial charge in [-0.05, 0) is 0 Å². The smallest absolute Gasteiger partial charge is 0.322 e. The van der Waals surface area contributed by atoms with E-state index in [9.17, 15) is 23.7 Å². The summed E-state index contributed by atoms with van der Waals surface area (Å²) in [6, 6.07) is 0.0353. The Hall–Kier alpha value is -2.29. The Balaban J connectivity index is 2.68. The molecule has 0 heterocycles. The molecule has 0 aliphatic carbocycles. The van der Waals surface area contributed by atoms with Gasteiger partial charge in [-0.25, -0.2) is 4.39 Å². The molecule has 9 heteroatoms. The van der Waals surface area contributed by atoms with E-state index in [0.717, 1.165) is 7.11 Å². The average molecular weight is 290 g/mol. The molecule has 1 aromatic rings. The first-order valence-electron chi connectivity index (χ1n) is 5.46. The molecular formula is C11H12F2N2O5. The van der Waals surface area contributed by atoms with Crippen molar-refractivity contribution < 1.29 is 28.0 Å². The standard InChI is InChI=1S/C11H12F2N2O5/c1-19-11(16)8(14)2-3-20-10-5-6(12)9(15(17)18)4-7(10)13/h4-5,8H,2-3,14H2,1H3. The number of hydrogen-bond acceptors (Lipinski definition) is 6. The van der Waals surface area contributed by atoms with Crippen molar-refractivity contribution in [3.05, 3.63) is 33.9 Å². The quantitative estimate of drug-likeness (QED) is 0.478. The number of hydrogen-bond donors (Lipinski definition) is 1. The number of nitrogens with zero attached hydrogens (tertiary/aromatic N) is 1. The fourth-order valence-corrected chi connectivity index (χ4v) is 1.33. The number of nitrogens with two attached hydrogens (primary N) is 1. The van der Waals surface area contributed by atoms with Crippen LogP contribution in [0.25, 0.3) is 0 Å². The van der Waals surface area contributed by atoms with Crippen LogP contribution in [0, 0.1) is 21.7 Å². The zero-order valence-corrected chi connectivity index (χ0v) is 10.5. The molecule has 7 nitrogen and oxygen atoms in total. The monoisotopic (exact) mass is 290 g/mol. The molecule has 1 atom stereocenters. The molecule has 0 saturated carbocycles. The molecular weight excluding hydrogens is 278 g/mol. The minimum absolute atomic E-state index is 0.0186. The third-order valence-electron chi connectivity index (χ3n) is 2.39. The van der Waals surface area contributed by atoms with Crippen LogP contribution in [0.1, 0.15) is 6.42 Å². The summed E-state index contributed by atoms with van der Waals surface area (Å²) in [6.45, 7) is -0.176. The van der Waals surface area contributed by atoms with Crippen LogP contribution in [0.3, 0.4) is 0 Å². The molecule has 0 bridgehead atoms. The fraction of sp³-hybridized carbons (Fsp3) is 0.364. The Morgan fingerprint density at radius 3 is 2.65 bits per heavy atom. The molecule has 2 N–H and O–H groups in total. The number of nitro groups is 1. The molecule has 0 amide bonds. The lowest BCUT2D eigenvalue weighted by molar-refractivity contribution is -0.387. The van der Waals surface area contributed by atoms with Gasteiger partial charge < -0.3 is 15.2 Å². The molecule has 1 rings (SSSR count). The number of rotatable bonds is 6. The lowest BCUT2D eigenvalue weighted by Crippen LogP contribution is -2.33. The molecule has 1 aromatic carbocycles. The van der Waals surface area contributed by atoms with E-state index in [2.05, 4.69) is 4.74 Å². The van der Waals surface area contributed by atoms with Crippen molar-refractivity contribution >= 4 is 11.7 Å². The number of halogens is 2. The average Bonchev–Trinajstić information content (AvgIpc) is 2.40. The van der Waals surface area contributed by atoms with Crippen molar-refractivity contribution in [2.24, 2.45) is 5.73 Å². The van der Waals surface area contributed by atoms with Crippen molar-refractivity contribution in [2.75, 3.05) is 13.7 Å². The first-order valence-corrected chi connectivity index (χ1v) is 5.46. The van der Waals surface area contributed by atoms with Crippen LogP contribution in [-0.2, 0) is 9.53 Å². The minimum Gasteiger partial charge on any atom is -0.490 e. The van der Waals surface area contributed by atoms with Crippen LogP contribution in [0.5, 0.6) is 5.75 Å². The topological polar surface area (TPSA) is 105 Å². The van der Waals surface area contributed by atoms with E-state index in [1.165, 1.54) is 0 Å². The molecule has 1 unspecified atom stereocenters. The summed E-state index contributed by atoms with van der Waals surface area (Å²) in [6.07, 6.45) is 0.0186. The highest BCUT2D eigenvalue weighted by Crippen LogP contribution is 2.26. The number of esters is 1. The fourth-order valence-electron chi connectivity index (χ4n) is 1.33. The van der Waals surface area contributed by atoms with Crippen molar-refractivity contribution in [2.45, 2.75) is 12.5 Å². The van der Waals surface area contributed by atoms with Gasteiger partial charge in [-0.15, -0.1) is 0 Å². The van der Waals surface area contributed by atoms with Crippen LogP contribution in [-0.4, -0.2) is 30.7 Å². The Morgan fingerprint density at radius 1 is 1.45 bits per heavy atom. The predicted molar refractivity (Wildman–Crippen MR) is 63.1 cm³/mol. The van der Waals surface area contributed by atoms with E-state index in [0.29, 0.717) is 12.1 Å². The highest BCUT2D eigenvalue weighted by atomic mass is 19.1. The third kappa shape index (κ3) is 3.85. The molecule has 0 aliphatic rings.